The van der Waals surface area contributed by atoms with Crippen molar-refractivity contribution in [2.24, 2.45) is 0 Å². The molecule has 1 saturated heterocycles. The summed E-state index contributed by atoms with van der Waals surface area (Å²) in [6.45, 7) is 2.46. The van der Waals surface area contributed by atoms with E-state index in [2.05, 4.69) is 14.5 Å². The summed E-state index contributed by atoms with van der Waals surface area (Å²) in [4.78, 5) is 39.8. The number of hydroxylamine groups is 1. The Hall–Kier alpha value is -3.36. The normalized spacial score (nSPS) is 27.3. The molecule has 47 heavy (non-hydrogen) atoms. The minimum absolute atomic E-state index is 0. The van der Waals surface area contributed by atoms with Crippen LogP contribution in [0.1, 0.15) is 75.8 Å². The summed E-state index contributed by atoms with van der Waals surface area (Å²) in [7, 11) is -4.00. The summed E-state index contributed by atoms with van der Waals surface area (Å²) in [5, 5.41) is 44.6. The number of ketones is 3. The highest BCUT2D eigenvalue weighted by Crippen LogP contribution is 2.52. The monoisotopic (exact) mass is 711 g/mol. The van der Waals surface area contributed by atoms with Gasteiger partial charge in [-0.3, -0.25) is 14.4 Å². The number of hydrogen-bond donors (Lipinski definition) is 5. The van der Waals surface area contributed by atoms with E-state index < -0.39 is 122 Å². The zero-order chi connectivity index (χ0) is 34.1. The maximum atomic E-state index is 13.7. The number of aromatic hydroxyl groups is 2. The SMILES string of the molecule is CC(=O)[C@]1(O)Cc2c(O)c3c(c(O)c2[C@@H](OC2CC(NOS(C)(=O)=O)C(O)C(C)O2)C1)C(=O)c1c(OC(F)(F)F)cccc1C3=O.Cl. The van der Waals surface area contributed by atoms with E-state index >= 15 is 0 Å². The number of carbonyl (C=O) groups excluding carboxylic acids is 3. The number of alkyl halides is 3. The van der Waals surface area contributed by atoms with Gasteiger partial charge in [-0.25, -0.2) is 0 Å². The van der Waals surface area contributed by atoms with Crippen molar-refractivity contribution in [3.05, 3.63) is 51.6 Å². The Morgan fingerprint density at radius 2 is 1.74 bits per heavy atom. The lowest BCUT2D eigenvalue weighted by Gasteiger charge is -2.42. The predicted molar refractivity (Wildman–Crippen MR) is 153 cm³/mol. The molecule has 1 fully saturated rings. The van der Waals surface area contributed by atoms with Gasteiger partial charge in [-0.1, -0.05) is 12.1 Å². The Balaban J connectivity index is 0.00000500. The summed E-state index contributed by atoms with van der Waals surface area (Å²) in [5.41, 5.74) is -3.75. The van der Waals surface area contributed by atoms with Crippen LogP contribution in [0.2, 0.25) is 0 Å². The fourth-order valence-electron chi connectivity index (χ4n) is 5.93. The number of hydrogen-bond acceptors (Lipinski definition) is 14. The molecule has 5 rings (SSSR count). The number of rotatable bonds is 7. The molecule has 1 heterocycles. The van der Waals surface area contributed by atoms with Crippen molar-refractivity contribution in [2.75, 3.05) is 6.26 Å². The number of ether oxygens (including phenoxy) is 3. The second kappa shape index (κ2) is 12.6. The lowest BCUT2D eigenvalue weighted by Crippen LogP contribution is -2.54. The van der Waals surface area contributed by atoms with E-state index in [4.69, 9.17) is 9.47 Å². The van der Waals surface area contributed by atoms with Crippen molar-refractivity contribution in [3.8, 4) is 17.2 Å². The first-order valence-corrected chi connectivity index (χ1v) is 15.5. The van der Waals surface area contributed by atoms with Crippen LogP contribution in [-0.2, 0) is 35.1 Å². The van der Waals surface area contributed by atoms with Crippen LogP contribution in [0.5, 0.6) is 17.2 Å². The number of halogens is 4. The number of carbonyl (C=O) groups is 3. The smallest absolute Gasteiger partial charge is 0.507 e. The zero-order valence-corrected chi connectivity index (χ0v) is 26.3. The topological polar surface area (TPSA) is 215 Å². The fourth-order valence-corrected chi connectivity index (χ4v) is 6.23. The van der Waals surface area contributed by atoms with Crippen molar-refractivity contribution < 1.29 is 74.9 Å². The minimum atomic E-state index is -5.25. The standard InChI is InChI=1S/C28H28F3NO13S.ClH/c1-10-22(34)14(32-45-46(3,40)41)7-17(42-10)43-16-9-27(39,11(2)33)8-13-19(16)26(38)21-20(24(13)36)23(35)12-5-4-6-15(18(12)25(21)37)44-28(29,30)31;/h4-6,10,14,16-17,22,32,34,36,38-39H,7-9H2,1-3H3;1H/t10?,14?,16-,17?,22?,27-;/m0./s1. The molecule has 3 aliphatic rings. The summed E-state index contributed by atoms with van der Waals surface area (Å²) in [6, 6.07) is 1.75. The summed E-state index contributed by atoms with van der Waals surface area (Å²) >= 11 is 0. The molecule has 4 unspecified atom stereocenters. The quantitative estimate of drug-likeness (QED) is 0.175. The van der Waals surface area contributed by atoms with E-state index in [1.54, 1.807) is 0 Å². The lowest BCUT2D eigenvalue weighted by molar-refractivity contribution is -0.274. The highest BCUT2D eigenvalue weighted by molar-refractivity contribution is 7.85. The summed E-state index contributed by atoms with van der Waals surface area (Å²) in [5.74, 6) is -6.14. The first-order valence-electron chi connectivity index (χ1n) is 13.7. The number of phenolic OH excluding ortho intramolecular Hbond substituents is 2. The van der Waals surface area contributed by atoms with Crippen LogP contribution in [0, 0.1) is 0 Å². The van der Waals surface area contributed by atoms with Crippen molar-refractivity contribution in [1.82, 2.24) is 5.48 Å². The molecule has 2 aromatic rings. The Kier molecular flexibility index (Phi) is 9.77. The Morgan fingerprint density at radius 1 is 1.11 bits per heavy atom. The molecule has 0 bridgehead atoms. The third-order valence-electron chi connectivity index (χ3n) is 8.11. The van der Waals surface area contributed by atoms with Crippen molar-refractivity contribution in [2.45, 2.75) is 75.7 Å². The molecule has 0 saturated carbocycles. The third-order valence-corrected chi connectivity index (χ3v) is 8.51. The first-order chi connectivity index (χ1) is 21.2. The van der Waals surface area contributed by atoms with Crippen molar-refractivity contribution >= 4 is 39.9 Å². The molecule has 2 aromatic carbocycles. The van der Waals surface area contributed by atoms with Gasteiger partial charge >= 0.3 is 6.36 Å². The van der Waals surface area contributed by atoms with Crippen LogP contribution in [0.4, 0.5) is 13.2 Å². The van der Waals surface area contributed by atoms with Crippen molar-refractivity contribution in [1.29, 1.82) is 0 Å². The molecule has 0 radical (unpaired) electrons. The van der Waals surface area contributed by atoms with Gasteiger partial charge in [0.15, 0.2) is 17.9 Å². The highest BCUT2D eigenvalue weighted by atomic mass is 35.5. The second-order valence-corrected chi connectivity index (χ2v) is 12.9. The number of nitrogens with one attached hydrogen (secondary N) is 1. The van der Waals surface area contributed by atoms with Crippen molar-refractivity contribution in [3.63, 3.8) is 0 Å². The van der Waals surface area contributed by atoms with Gasteiger partial charge in [0.25, 0.3) is 10.1 Å². The maximum Gasteiger partial charge on any atom is 0.573 e. The van der Waals surface area contributed by atoms with Crippen LogP contribution in [-0.4, -0.2) is 89.0 Å². The zero-order valence-electron chi connectivity index (χ0n) is 24.7. The van der Waals surface area contributed by atoms with E-state index in [1.807, 2.05) is 0 Å². The van der Waals surface area contributed by atoms with Gasteiger partial charge in [-0.2, -0.15) is 18.2 Å². The van der Waals surface area contributed by atoms with Gasteiger partial charge in [0.1, 0.15) is 22.8 Å². The molecule has 258 valence electrons. The highest BCUT2D eigenvalue weighted by Gasteiger charge is 2.50. The van der Waals surface area contributed by atoms with E-state index in [9.17, 15) is 56.4 Å². The minimum Gasteiger partial charge on any atom is -0.507 e. The van der Waals surface area contributed by atoms with Crippen LogP contribution in [0.3, 0.4) is 0 Å². The number of Topliss-reactive ketones (excluding diaryl/α,β-unsaturated/α-hetero) is 1. The molecule has 0 amide bonds. The van der Waals surface area contributed by atoms with E-state index in [0.29, 0.717) is 0 Å². The number of aliphatic hydroxyl groups excluding tert-OH is 1. The summed E-state index contributed by atoms with van der Waals surface area (Å²) in [6.07, 6.45) is -11.3. The van der Waals surface area contributed by atoms with Gasteiger partial charge in [-0.05, 0) is 19.9 Å². The average Bonchev–Trinajstić information content (AvgIpc) is 2.93. The number of benzene rings is 2. The van der Waals surface area contributed by atoms with Crippen LogP contribution in [0.25, 0.3) is 0 Å². The fraction of sp³-hybridized carbons (Fsp3) is 0.464. The number of fused-ring (bicyclic) bond motifs is 3. The Bertz CT molecular complexity index is 1750. The Morgan fingerprint density at radius 3 is 2.34 bits per heavy atom. The molecule has 0 aromatic heterocycles. The van der Waals surface area contributed by atoms with Crippen LogP contribution >= 0.6 is 12.4 Å². The first kappa shape index (κ1) is 36.5. The maximum absolute atomic E-state index is 13.7. The van der Waals surface area contributed by atoms with Gasteiger partial charge in [0.2, 0.25) is 5.78 Å². The van der Waals surface area contributed by atoms with Gasteiger partial charge in [-0.15, -0.1) is 25.6 Å². The lowest BCUT2D eigenvalue weighted by atomic mass is 9.72. The van der Waals surface area contributed by atoms with Gasteiger partial charge in [0.05, 0.1) is 47.3 Å². The molecule has 1 aliphatic heterocycles. The number of aliphatic hydroxyl groups is 2. The molecular weight excluding hydrogens is 683 g/mol. The molecular formula is C28H29ClF3NO13S. The molecule has 6 atom stereocenters. The number of phenols is 2. The van der Waals surface area contributed by atoms with Crippen LogP contribution in [0.15, 0.2) is 18.2 Å². The molecule has 2 aliphatic carbocycles. The molecule has 14 nitrogen and oxygen atoms in total. The second-order valence-electron chi connectivity index (χ2n) is 11.3. The van der Waals surface area contributed by atoms with E-state index in [-0.39, 0.29) is 30.0 Å². The summed E-state index contributed by atoms with van der Waals surface area (Å²) < 4.78 is 82.6. The Labute approximate surface area is 270 Å². The van der Waals surface area contributed by atoms with E-state index in [1.165, 1.54) is 6.92 Å². The van der Waals surface area contributed by atoms with Gasteiger partial charge < -0.3 is 34.6 Å². The van der Waals surface area contributed by atoms with Crippen LogP contribution < -0.4 is 10.2 Å². The molecule has 5 N–H and O–H groups in total. The predicted octanol–water partition coefficient (Wildman–Crippen LogP) is 1.86. The van der Waals surface area contributed by atoms with Gasteiger partial charge in [0, 0.05) is 36.0 Å². The van der Waals surface area contributed by atoms with E-state index in [0.717, 1.165) is 31.4 Å². The average molecular weight is 712 g/mol. The third kappa shape index (κ3) is 6.82. The largest absolute Gasteiger partial charge is 0.573 e. The molecule has 0 spiro atoms. The molecule has 19 heteroatoms.